The van der Waals surface area contributed by atoms with E-state index in [1.54, 1.807) is 0 Å². The predicted molar refractivity (Wildman–Crippen MR) is 213 cm³/mol. The van der Waals surface area contributed by atoms with Crippen LogP contribution in [0.2, 0.25) is 0 Å². The SMILES string of the molecule is C1=CCC(c2cccc(-n3c4ccccc4c4cc(-c5ccc6c(c5)c5ccccc5n6-c5cccc(C6=CCCC=C6)c5)ccc43)c2)C=C1. The van der Waals surface area contributed by atoms with Gasteiger partial charge in [-0.15, -0.1) is 0 Å². The number of hydrogen-bond donors (Lipinski definition) is 0. The van der Waals surface area contributed by atoms with Crippen molar-refractivity contribution in [2.24, 2.45) is 0 Å². The van der Waals surface area contributed by atoms with Gasteiger partial charge >= 0.3 is 0 Å². The summed E-state index contributed by atoms with van der Waals surface area (Å²) in [6.07, 6.45) is 19.1. The summed E-state index contributed by atoms with van der Waals surface area (Å²) in [4.78, 5) is 0. The highest BCUT2D eigenvalue weighted by Gasteiger charge is 2.17. The molecular formula is C48H36N2. The summed E-state index contributed by atoms with van der Waals surface area (Å²) < 4.78 is 4.86. The topological polar surface area (TPSA) is 9.86 Å². The monoisotopic (exact) mass is 640 g/mol. The number of benzene rings is 6. The molecule has 0 N–H and O–H groups in total. The van der Waals surface area contributed by atoms with Crippen LogP contribution in [0.15, 0.2) is 176 Å². The molecule has 0 amide bonds. The molecule has 2 nitrogen and oxygen atoms in total. The van der Waals surface area contributed by atoms with Crippen LogP contribution in [0.4, 0.5) is 0 Å². The van der Waals surface area contributed by atoms with Gasteiger partial charge in [-0.25, -0.2) is 0 Å². The standard InChI is InChI=1S/C48H36N2/c1-3-13-33(14-4-1)35-17-11-19-39(29-35)49-45-23-9-7-21-41(45)43-31-37(25-27-47(43)49)38-26-28-48-44(32-38)42-22-8-10-24-46(42)50(48)40-20-12-18-36(30-40)34-15-5-2-6-16-34/h1,3-5,7-13,15-33H,2,6,14H2. The normalized spacial score (nSPS) is 15.8. The molecule has 0 spiro atoms. The molecule has 0 bridgehead atoms. The number of fused-ring (bicyclic) bond motifs is 6. The third-order valence-electron chi connectivity index (χ3n) is 10.6. The van der Waals surface area contributed by atoms with Crippen LogP contribution in [0.1, 0.15) is 36.3 Å². The van der Waals surface area contributed by atoms with E-state index >= 15 is 0 Å². The second kappa shape index (κ2) is 11.8. The van der Waals surface area contributed by atoms with E-state index in [1.807, 2.05) is 0 Å². The lowest BCUT2D eigenvalue weighted by Gasteiger charge is -2.16. The number of hydrogen-bond acceptors (Lipinski definition) is 0. The summed E-state index contributed by atoms with van der Waals surface area (Å²) in [6, 6.07) is 49.7. The molecule has 2 heterocycles. The highest BCUT2D eigenvalue weighted by molar-refractivity contribution is 6.12. The zero-order valence-electron chi connectivity index (χ0n) is 27.8. The second-order valence-electron chi connectivity index (χ2n) is 13.6. The van der Waals surface area contributed by atoms with E-state index in [2.05, 4.69) is 185 Å². The largest absolute Gasteiger partial charge is 0.309 e. The maximum absolute atomic E-state index is 2.43. The van der Waals surface area contributed by atoms with Crippen LogP contribution in [0.5, 0.6) is 0 Å². The molecule has 6 aromatic carbocycles. The molecule has 10 rings (SSSR count). The summed E-state index contributed by atoms with van der Waals surface area (Å²) in [6.45, 7) is 0. The first kappa shape index (κ1) is 28.9. The fourth-order valence-electron chi connectivity index (χ4n) is 8.24. The van der Waals surface area contributed by atoms with E-state index in [-0.39, 0.29) is 0 Å². The van der Waals surface area contributed by atoms with Gasteiger partial charge in [0.15, 0.2) is 0 Å². The highest BCUT2D eigenvalue weighted by atomic mass is 15.0. The van der Waals surface area contributed by atoms with Crippen LogP contribution >= 0.6 is 0 Å². The van der Waals surface area contributed by atoms with Crippen molar-refractivity contribution < 1.29 is 0 Å². The van der Waals surface area contributed by atoms with Crippen molar-refractivity contribution in [3.63, 3.8) is 0 Å². The predicted octanol–water partition coefficient (Wildman–Crippen LogP) is 12.9. The van der Waals surface area contributed by atoms with Crippen molar-refractivity contribution in [2.45, 2.75) is 25.2 Å². The van der Waals surface area contributed by atoms with E-state index in [0.29, 0.717) is 5.92 Å². The van der Waals surface area contributed by atoms with E-state index in [0.717, 1.165) is 19.3 Å². The van der Waals surface area contributed by atoms with E-state index < -0.39 is 0 Å². The van der Waals surface area contributed by atoms with Crippen molar-refractivity contribution in [1.82, 2.24) is 9.13 Å². The number of para-hydroxylation sites is 2. The Bertz CT molecular complexity index is 2740. The Morgan fingerprint density at radius 2 is 1.10 bits per heavy atom. The van der Waals surface area contributed by atoms with Gasteiger partial charge in [-0.05, 0) is 108 Å². The summed E-state index contributed by atoms with van der Waals surface area (Å²) >= 11 is 0. The molecule has 50 heavy (non-hydrogen) atoms. The average Bonchev–Trinajstić information content (AvgIpc) is 3.71. The van der Waals surface area contributed by atoms with E-state index in [9.17, 15) is 0 Å². The number of allylic oxidation sites excluding steroid dienone is 8. The Balaban J connectivity index is 1.10. The van der Waals surface area contributed by atoms with Gasteiger partial charge < -0.3 is 9.13 Å². The Kier molecular flexibility index (Phi) is 6.80. The Morgan fingerprint density at radius 3 is 1.74 bits per heavy atom. The third-order valence-corrected chi connectivity index (χ3v) is 10.6. The Hall–Kier alpha value is -6.12. The van der Waals surface area contributed by atoms with E-state index in [4.69, 9.17) is 0 Å². The molecule has 0 aliphatic heterocycles. The minimum atomic E-state index is 0.413. The first-order valence-electron chi connectivity index (χ1n) is 17.8. The lowest BCUT2D eigenvalue weighted by Crippen LogP contribution is -1.99. The lowest BCUT2D eigenvalue weighted by atomic mass is 9.92. The molecule has 2 heteroatoms. The molecule has 2 aliphatic carbocycles. The van der Waals surface area contributed by atoms with Crippen LogP contribution in [-0.4, -0.2) is 9.13 Å². The summed E-state index contributed by atoms with van der Waals surface area (Å²) in [5.41, 5.74) is 13.7. The second-order valence-corrected chi connectivity index (χ2v) is 13.6. The molecule has 2 aromatic heterocycles. The van der Waals surface area contributed by atoms with Crippen molar-refractivity contribution in [2.75, 3.05) is 0 Å². The fourth-order valence-corrected chi connectivity index (χ4v) is 8.24. The summed E-state index contributed by atoms with van der Waals surface area (Å²) in [5.74, 6) is 0.413. The van der Waals surface area contributed by atoms with Gasteiger partial charge in [0.25, 0.3) is 0 Å². The van der Waals surface area contributed by atoms with Gasteiger partial charge in [0.1, 0.15) is 0 Å². The maximum atomic E-state index is 2.43. The van der Waals surface area contributed by atoms with Crippen molar-refractivity contribution >= 4 is 49.2 Å². The number of rotatable bonds is 5. The smallest absolute Gasteiger partial charge is 0.0541 e. The lowest BCUT2D eigenvalue weighted by molar-refractivity contribution is 0.852. The van der Waals surface area contributed by atoms with Gasteiger partial charge in [0.2, 0.25) is 0 Å². The quantitative estimate of drug-likeness (QED) is 0.177. The Labute approximate surface area is 292 Å². The van der Waals surface area contributed by atoms with Crippen molar-refractivity contribution in [3.05, 3.63) is 187 Å². The molecule has 8 aromatic rings. The third kappa shape index (κ3) is 4.71. The molecule has 238 valence electrons. The number of nitrogens with zero attached hydrogens (tertiary/aromatic N) is 2. The molecule has 0 saturated carbocycles. The van der Waals surface area contributed by atoms with Gasteiger partial charge in [-0.3, -0.25) is 0 Å². The maximum Gasteiger partial charge on any atom is 0.0541 e. The van der Waals surface area contributed by atoms with Crippen LogP contribution in [0.25, 0.3) is 71.7 Å². The van der Waals surface area contributed by atoms with Gasteiger partial charge in [-0.2, -0.15) is 0 Å². The molecule has 1 atom stereocenters. The molecule has 2 aliphatic rings. The van der Waals surface area contributed by atoms with E-state index in [1.165, 1.54) is 82.8 Å². The van der Waals surface area contributed by atoms with Gasteiger partial charge in [0.05, 0.1) is 22.1 Å². The molecule has 1 unspecified atom stereocenters. The van der Waals surface area contributed by atoms with Gasteiger partial charge in [-0.1, -0.05) is 115 Å². The Morgan fingerprint density at radius 1 is 0.460 bits per heavy atom. The first-order chi connectivity index (χ1) is 24.8. The first-order valence-corrected chi connectivity index (χ1v) is 17.8. The van der Waals surface area contributed by atoms with Crippen LogP contribution < -0.4 is 0 Å². The minimum Gasteiger partial charge on any atom is -0.309 e. The number of aromatic nitrogens is 2. The molecule has 0 saturated heterocycles. The van der Waals surface area contributed by atoms with Crippen LogP contribution in [0, 0.1) is 0 Å². The van der Waals surface area contributed by atoms with Gasteiger partial charge in [0, 0.05) is 38.8 Å². The van der Waals surface area contributed by atoms with Crippen LogP contribution in [0.3, 0.4) is 0 Å². The van der Waals surface area contributed by atoms with Crippen molar-refractivity contribution in [1.29, 1.82) is 0 Å². The zero-order chi connectivity index (χ0) is 33.0. The molecule has 0 radical (unpaired) electrons. The fraction of sp³-hybridized carbons (Fsp3) is 0.0833. The average molecular weight is 641 g/mol. The molecular weight excluding hydrogens is 605 g/mol. The minimum absolute atomic E-state index is 0.413. The highest BCUT2D eigenvalue weighted by Crippen LogP contribution is 2.39. The summed E-state index contributed by atoms with van der Waals surface area (Å²) in [7, 11) is 0. The van der Waals surface area contributed by atoms with Crippen LogP contribution in [-0.2, 0) is 0 Å². The zero-order valence-corrected chi connectivity index (χ0v) is 27.8. The molecule has 0 fully saturated rings. The van der Waals surface area contributed by atoms with Crippen molar-refractivity contribution in [3.8, 4) is 22.5 Å². The summed E-state index contributed by atoms with van der Waals surface area (Å²) in [5, 5.41) is 5.09.